The van der Waals surface area contributed by atoms with Crippen molar-refractivity contribution >= 4 is 5.97 Å². The number of carbonyl (C=O) groups is 1. The number of hydrogen-bond donors (Lipinski definition) is 0. The molecule has 0 fully saturated rings. The molecule has 0 N–H and O–H groups in total. The van der Waals surface area contributed by atoms with Gasteiger partial charge in [0.05, 0.1) is 5.69 Å². The summed E-state index contributed by atoms with van der Waals surface area (Å²) in [6.45, 7) is 2.50. The SMILES string of the molecule is CCCCCC=CCC=CCCC=CCCCC(=O)OCc1ccccn1. The summed E-state index contributed by atoms with van der Waals surface area (Å²) in [7, 11) is 0. The second-order valence-corrected chi connectivity index (χ2v) is 6.60. The molecule has 1 rings (SSSR count). The molecule has 3 nitrogen and oxygen atoms in total. The van der Waals surface area contributed by atoms with Crippen LogP contribution in [0.25, 0.3) is 0 Å². The zero-order chi connectivity index (χ0) is 19.4. The largest absolute Gasteiger partial charge is 0.459 e. The first-order valence-corrected chi connectivity index (χ1v) is 10.3. The van der Waals surface area contributed by atoms with Crippen LogP contribution in [0.1, 0.15) is 76.8 Å². The Balaban J connectivity index is 1.92. The van der Waals surface area contributed by atoms with Crippen molar-refractivity contribution in [1.29, 1.82) is 0 Å². The second kappa shape index (κ2) is 17.3. The average molecular weight is 370 g/mol. The molecule has 1 heterocycles. The summed E-state index contributed by atoms with van der Waals surface area (Å²) in [5.41, 5.74) is 0.783. The monoisotopic (exact) mass is 369 g/mol. The fourth-order valence-corrected chi connectivity index (χ4v) is 2.52. The summed E-state index contributed by atoms with van der Waals surface area (Å²) in [6, 6.07) is 5.59. The van der Waals surface area contributed by atoms with Crippen molar-refractivity contribution < 1.29 is 9.53 Å². The van der Waals surface area contributed by atoms with Gasteiger partial charge in [-0.15, -0.1) is 0 Å². The fraction of sp³-hybridized carbons (Fsp3) is 0.500. The number of pyridine rings is 1. The lowest BCUT2D eigenvalue weighted by Crippen LogP contribution is -2.04. The van der Waals surface area contributed by atoms with Crippen LogP contribution in [-0.2, 0) is 16.1 Å². The van der Waals surface area contributed by atoms with Crippen LogP contribution in [0.15, 0.2) is 60.9 Å². The molecule has 0 amide bonds. The summed E-state index contributed by atoms with van der Waals surface area (Å²) in [5.74, 6) is -0.153. The van der Waals surface area contributed by atoms with Crippen molar-refractivity contribution in [2.45, 2.75) is 77.7 Å². The molecule has 0 radical (unpaired) electrons. The van der Waals surface area contributed by atoms with E-state index >= 15 is 0 Å². The quantitative estimate of drug-likeness (QED) is 0.196. The van der Waals surface area contributed by atoms with Gasteiger partial charge in [0.2, 0.25) is 0 Å². The molecule has 0 bridgehead atoms. The molecule has 0 atom stereocenters. The molecule has 3 heteroatoms. The molecule has 0 saturated heterocycles. The van der Waals surface area contributed by atoms with Gasteiger partial charge in [0.25, 0.3) is 0 Å². The van der Waals surface area contributed by atoms with Crippen molar-refractivity contribution in [3.05, 3.63) is 66.5 Å². The van der Waals surface area contributed by atoms with Crippen molar-refractivity contribution in [1.82, 2.24) is 4.98 Å². The van der Waals surface area contributed by atoms with Crippen molar-refractivity contribution in [3.8, 4) is 0 Å². The Labute approximate surface area is 165 Å². The lowest BCUT2D eigenvalue weighted by molar-refractivity contribution is -0.145. The number of ether oxygens (including phenoxy) is 1. The third-order valence-electron chi connectivity index (χ3n) is 4.11. The van der Waals surface area contributed by atoms with Crippen LogP contribution in [0.5, 0.6) is 0 Å². The number of esters is 1. The van der Waals surface area contributed by atoms with E-state index in [1.807, 2.05) is 18.2 Å². The maximum absolute atomic E-state index is 11.7. The van der Waals surface area contributed by atoms with E-state index < -0.39 is 0 Å². The number of rotatable bonds is 15. The minimum atomic E-state index is -0.153. The van der Waals surface area contributed by atoms with E-state index in [9.17, 15) is 4.79 Å². The Morgan fingerprint density at radius 1 is 0.926 bits per heavy atom. The lowest BCUT2D eigenvalue weighted by Gasteiger charge is -2.03. The number of aromatic nitrogens is 1. The highest BCUT2D eigenvalue weighted by molar-refractivity contribution is 5.69. The van der Waals surface area contributed by atoms with E-state index in [-0.39, 0.29) is 12.6 Å². The van der Waals surface area contributed by atoms with Gasteiger partial charge in [-0.2, -0.15) is 0 Å². The molecular formula is C24H35NO2. The Morgan fingerprint density at radius 2 is 1.63 bits per heavy atom. The predicted molar refractivity (Wildman–Crippen MR) is 113 cm³/mol. The van der Waals surface area contributed by atoms with Crippen molar-refractivity contribution in [2.24, 2.45) is 0 Å². The van der Waals surface area contributed by atoms with E-state index in [2.05, 4.69) is 48.4 Å². The van der Waals surface area contributed by atoms with E-state index in [0.717, 1.165) is 37.8 Å². The van der Waals surface area contributed by atoms with Crippen LogP contribution in [-0.4, -0.2) is 11.0 Å². The molecule has 1 aromatic heterocycles. The van der Waals surface area contributed by atoms with E-state index in [4.69, 9.17) is 4.74 Å². The molecule has 0 aliphatic carbocycles. The zero-order valence-electron chi connectivity index (χ0n) is 16.8. The van der Waals surface area contributed by atoms with Gasteiger partial charge in [0.1, 0.15) is 6.61 Å². The molecule has 0 aliphatic heterocycles. The van der Waals surface area contributed by atoms with Crippen LogP contribution < -0.4 is 0 Å². The van der Waals surface area contributed by atoms with Gasteiger partial charge in [-0.3, -0.25) is 9.78 Å². The Bertz CT molecular complexity index is 561. The zero-order valence-corrected chi connectivity index (χ0v) is 16.8. The summed E-state index contributed by atoms with van der Waals surface area (Å²) < 4.78 is 5.21. The first-order valence-electron chi connectivity index (χ1n) is 10.3. The van der Waals surface area contributed by atoms with Crippen LogP contribution in [0.3, 0.4) is 0 Å². The van der Waals surface area contributed by atoms with Gasteiger partial charge in [-0.05, 0) is 57.1 Å². The van der Waals surface area contributed by atoms with Crippen LogP contribution >= 0.6 is 0 Å². The number of nitrogens with zero attached hydrogens (tertiary/aromatic N) is 1. The molecular weight excluding hydrogens is 334 g/mol. The lowest BCUT2D eigenvalue weighted by atomic mass is 10.2. The molecule has 0 aromatic carbocycles. The fourth-order valence-electron chi connectivity index (χ4n) is 2.52. The highest BCUT2D eigenvalue weighted by atomic mass is 16.5. The Morgan fingerprint density at radius 3 is 2.37 bits per heavy atom. The molecule has 0 spiro atoms. The predicted octanol–water partition coefficient (Wildman–Crippen LogP) is 6.71. The average Bonchev–Trinajstić information content (AvgIpc) is 2.70. The standard InChI is InChI=1S/C24H35NO2/c1-2-3-4-5-6-7-8-9-10-11-12-13-14-15-16-20-24(26)27-22-23-19-17-18-21-25-23/h6-7,9-10,13-14,17-19,21H,2-5,8,11-12,15-16,20,22H2,1H3. The minimum absolute atomic E-state index is 0.153. The van der Waals surface area contributed by atoms with Crippen LogP contribution in [0.2, 0.25) is 0 Å². The van der Waals surface area contributed by atoms with Crippen molar-refractivity contribution in [2.75, 3.05) is 0 Å². The van der Waals surface area contributed by atoms with E-state index in [0.29, 0.717) is 6.42 Å². The number of unbranched alkanes of at least 4 members (excludes halogenated alkanes) is 5. The Kier molecular flexibility index (Phi) is 14.6. The van der Waals surface area contributed by atoms with E-state index in [1.54, 1.807) is 6.20 Å². The number of allylic oxidation sites excluding steroid dienone is 6. The van der Waals surface area contributed by atoms with Gasteiger partial charge < -0.3 is 4.74 Å². The maximum atomic E-state index is 11.7. The number of hydrogen-bond acceptors (Lipinski definition) is 3. The normalized spacial score (nSPS) is 11.7. The smallest absolute Gasteiger partial charge is 0.306 e. The minimum Gasteiger partial charge on any atom is -0.459 e. The van der Waals surface area contributed by atoms with E-state index in [1.165, 1.54) is 25.7 Å². The molecule has 0 aliphatic rings. The first kappa shape index (κ1) is 22.9. The topological polar surface area (TPSA) is 39.2 Å². The third kappa shape index (κ3) is 14.7. The Hall–Kier alpha value is -2.16. The van der Waals surface area contributed by atoms with Gasteiger partial charge >= 0.3 is 5.97 Å². The summed E-state index contributed by atoms with van der Waals surface area (Å²) >= 11 is 0. The molecule has 0 saturated carbocycles. The highest BCUT2D eigenvalue weighted by Crippen LogP contribution is 2.04. The van der Waals surface area contributed by atoms with Gasteiger partial charge in [-0.1, -0.05) is 62.3 Å². The van der Waals surface area contributed by atoms with Gasteiger partial charge in [0.15, 0.2) is 0 Å². The van der Waals surface area contributed by atoms with Crippen LogP contribution in [0.4, 0.5) is 0 Å². The molecule has 148 valence electrons. The van der Waals surface area contributed by atoms with Gasteiger partial charge in [0, 0.05) is 12.6 Å². The van der Waals surface area contributed by atoms with Crippen molar-refractivity contribution in [3.63, 3.8) is 0 Å². The first-order chi connectivity index (χ1) is 13.3. The summed E-state index contributed by atoms with van der Waals surface area (Å²) in [4.78, 5) is 15.8. The van der Waals surface area contributed by atoms with Crippen LogP contribution in [0, 0.1) is 0 Å². The summed E-state index contributed by atoms with van der Waals surface area (Å²) in [5, 5.41) is 0. The highest BCUT2D eigenvalue weighted by Gasteiger charge is 2.02. The van der Waals surface area contributed by atoms with Gasteiger partial charge in [-0.25, -0.2) is 0 Å². The number of carbonyl (C=O) groups excluding carboxylic acids is 1. The second-order valence-electron chi connectivity index (χ2n) is 6.60. The maximum Gasteiger partial charge on any atom is 0.306 e. The third-order valence-corrected chi connectivity index (χ3v) is 4.11. The molecule has 27 heavy (non-hydrogen) atoms. The molecule has 0 unspecified atom stereocenters. The summed E-state index contributed by atoms with van der Waals surface area (Å²) in [6.07, 6.45) is 25.6. The molecule has 1 aromatic rings.